The maximum Gasteiger partial charge on any atom is 0.406 e. The molecule has 1 saturated heterocycles. The average molecular weight is 336 g/mol. The van der Waals surface area contributed by atoms with Crippen LogP contribution in [0.25, 0.3) is 0 Å². The number of sulfone groups is 1. The average Bonchev–Trinajstić information content (AvgIpc) is 2.69. The van der Waals surface area contributed by atoms with E-state index >= 15 is 0 Å². The van der Waals surface area contributed by atoms with Gasteiger partial charge in [-0.1, -0.05) is 6.07 Å². The van der Waals surface area contributed by atoms with Gasteiger partial charge in [0.15, 0.2) is 9.84 Å². The highest BCUT2D eigenvalue weighted by atomic mass is 32.2. The SMILES string of the molecule is CS(=O)(=O)c1cccc(N[C@@H]2CCN(CC(F)(F)F)C2=O)c1. The van der Waals surface area contributed by atoms with Crippen LogP contribution in [0, 0.1) is 0 Å². The number of rotatable bonds is 4. The normalized spacial score (nSPS) is 19.5. The molecule has 1 N–H and O–H groups in total. The molecule has 0 aliphatic carbocycles. The van der Waals surface area contributed by atoms with Crippen molar-refractivity contribution in [2.45, 2.75) is 23.5 Å². The van der Waals surface area contributed by atoms with E-state index in [0.29, 0.717) is 5.69 Å². The van der Waals surface area contributed by atoms with Crippen LogP contribution in [0.2, 0.25) is 0 Å². The quantitative estimate of drug-likeness (QED) is 0.908. The predicted octanol–water partition coefficient (Wildman–Crippen LogP) is 1.67. The number of halogens is 3. The van der Waals surface area contributed by atoms with Gasteiger partial charge >= 0.3 is 6.18 Å². The highest BCUT2D eigenvalue weighted by molar-refractivity contribution is 7.90. The molecule has 1 amide bonds. The summed E-state index contributed by atoms with van der Waals surface area (Å²) in [4.78, 5) is 12.7. The second-order valence-corrected chi connectivity index (χ2v) is 7.18. The summed E-state index contributed by atoms with van der Waals surface area (Å²) in [6.45, 7) is -1.25. The molecule has 0 unspecified atom stereocenters. The Hall–Kier alpha value is -1.77. The highest BCUT2D eigenvalue weighted by Crippen LogP contribution is 2.23. The number of hydrogen-bond donors (Lipinski definition) is 1. The molecule has 0 aromatic heterocycles. The summed E-state index contributed by atoms with van der Waals surface area (Å²) < 4.78 is 59.9. The van der Waals surface area contributed by atoms with E-state index in [-0.39, 0.29) is 17.9 Å². The standard InChI is InChI=1S/C13H15F3N2O3S/c1-22(20,21)10-4-2-3-9(7-10)17-11-5-6-18(12(11)19)8-13(14,15)16/h2-4,7,11,17H,5-6,8H2,1H3/t11-/m1/s1. The molecule has 1 fully saturated rings. The molecule has 1 heterocycles. The third-order valence-corrected chi connectivity index (χ3v) is 4.38. The van der Waals surface area contributed by atoms with Crippen molar-refractivity contribution in [1.29, 1.82) is 0 Å². The van der Waals surface area contributed by atoms with Crippen LogP contribution >= 0.6 is 0 Å². The van der Waals surface area contributed by atoms with Crippen molar-refractivity contribution in [3.05, 3.63) is 24.3 Å². The number of carbonyl (C=O) groups excluding carboxylic acids is 1. The highest BCUT2D eigenvalue weighted by Gasteiger charge is 2.39. The van der Waals surface area contributed by atoms with Gasteiger partial charge in [-0.15, -0.1) is 0 Å². The fourth-order valence-corrected chi connectivity index (χ4v) is 2.93. The second kappa shape index (κ2) is 5.79. The van der Waals surface area contributed by atoms with Crippen molar-refractivity contribution in [2.24, 2.45) is 0 Å². The first-order chi connectivity index (χ1) is 10.1. The number of benzene rings is 1. The Morgan fingerprint density at radius 2 is 2.05 bits per heavy atom. The van der Waals surface area contributed by atoms with E-state index in [0.717, 1.165) is 11.2 Å². The van der Waals surface area contributed by atoms with E-state index in [1.165, 1.54) is 18.2 Å². The number of nitrogens with zero attached hydrogens (tertiary/aromatic N) is 1. The van der Waals surface area contributed by atoms with Crippen LogP contribution in [0.15, 0.2) is 29.2 Å². The molecular weight excluding hydrogens is 321 g/mol. The van der Waals surface area contributed by atoms with Gasteiger partial charge in [0, 0.05) is 18.5 Å². The molecule has 0 spiro atoms. The topological polar surface area (TPSA) is 66.5 Å². The number of nitrogens with one attached hydrogen (secondary N) is 1. The summed E-state index contributed by atoms with van der Waals surface area (Å²) in [6, 6.07) is 5.05. The van der Waals surface area contributed by atoms with Gasteiger partial charge in [0.2, 0.25) is 5.91 Å². The molecule has 1 aromatic rings. The van der Waals surface area contributed by atoms with Gasteiger partial charge in [0.25, 0.3) is 0 Å². The van der Waals surface area contributed by atoms with E-state index in [1.54, 1.807) is 6.07 Å². The first-order valence-corrected chi connectivity index (χ1v) is 8.37. The van der Waals surface area contributed by atoms with Crippen LogP contribution in [0.5, 0.6) is 0 Å². The minimum atomic E-state index is -4.43. The Bertz CT molecular complexity index is 673. The molecular formula is C13H15F3N2O3S. The zero-order valence-electron chi connectivity index (χ0n) is 11.7. The first kappa shape index (κ1) is 16.6. The van der Waals surface area contributed by atoms with Gasteiger partial charge in [-0.3, -0.25) is 4.79 Å². The van der Waals surface area contributed by atoms with Crippen LogP contribution in [0.4, 0.5) is 18.9 Å². The Kier molecular flexibility index (Phi) is 4.37. The third-order valence-electron chi connectivity index (χ3n) is 3.27. The molecule has 0 radical (unpaired) electrons. The third kappa shape index (κ3) is 4.12. The lowest BCUT2D eigenvalue weighted by atomic mass is 10.2. The van der Waals surface area contributed by atoms with Gasteiger partial charge in [-0.2, -0.15) is 13.2 Å². The number of anilines is 1. The molecule has 1 aliphatic rings. The summed E-state index contributed by atoms with van der Waals surface area (Å²) in [5.74, 6) is -0.637. The molecule has 2 rings (SSSR count). The van der Waals surface area contributed by atoms with Crippen molar-refractivity contribution < 1.29 is 26.4 Å². The van der Waals surface area contributed by atoms with Gasteiger partial charge in [0.05, 0.1) is 4.90 Å². The van der Waals surface area contributed by atoms with Crippen molar-refractivity contribution in [1.82, 2.24) is 4.90 Å². The minimum Gasteiger partial charge on any atom is -0.374 e. The molecule has 122 valence electrons. The Morgan fingerprint density at radius 1 is 1.36 bits per heavy atom. The maximum absolute atomic E-state index is 12.3. The summed E-state index contributed by atoms with van der Waals surface area (Å²) in [5, 5.41) is 2.80. The van der Waals surface area contributed by atoms with E-state index in [2.05, 4.69) is 5.32 Å². The molecule has 5 nitrogen and oxygen atoms in total. The molecule has 1 atom stereocenters. The Balaban J connectivity index is 2.08. The number of likely N-dealkylation sites (tertiary alicyclic amines) is 1. The van der Waals surface area contributed by atoms with Crippen molar-refractivity contribution in [3.8, 4) is 0 Å². The second-order valence-electron chi connectivity index (χ2n) is 5.16. The predicted molar refractivity (Wildman–Crippen MR) is 74.2 cm³/mol. The van der Waals surface area contributed by atoms with E-state index in [9.17, 15) is 26.4 Å². The van der Waals surface area contributed by atoms with Gasteiger partial charge in [-0.25, -0.2) is 8.42 Å². The number of alkyl halides is 3. The first-order valence-electron chi connectivity index (χ1n) is 6.48. The lowest BCUT2D eigenvalue weighted by molar-refractivity contribution is -0.157. The van der Waals surface area contributed by atoms with Crippen LogP contribution in [-0.4, -0.2) is 50.8 Å². The van der Waals surface area contributed by atoms with Crippen molar-refractivity contribution >= 4 is 21.4 Å². The fourth-order valence-electron chi connectivity index (χ4n) is 2.26. The minimum absolute atomic E-state index is 0.0157. The monoisotopic (exact) mass is 336 g/mol. The summed E-state index contributed by atoms with van der Waals surface area (Å²) in [7, 11) is -3.39. The molecule has 22 heavy (non-hydrogen) atoms. The zero-order valence-corrected chi connectivity index (χ0v) is 12.5. The van der Waals surface area contributed by atoms with Crippen molar-refractivity contribution in [3.63, 3.8) is 0 Å². The Morgan fingerprint density at radius 3 is 2.64 bits per heavy atom. The molecule has 9 heteroatoms. The van der Waals surface area contributed by atoms with Crippen LogP contribution in [0.3, 0.4) is 0 Å². The van der Waals surface area contributed by atoms with Gasteiger partial charge in [-0.05, 0) is 24.6 Å². The van der Waals surface area contributed by atoms with E-state index < -0.39 is 34.5 Å². The summed E-state index contributed by atoms with van der Waals surface area (Å²) in [5.41, 5.74) is 0.384. The smallest absolute Gasteiger partial charge is 0.374 e. The molecule has 1 aromatic carbocycles. The fraction of sp³-hybridized carbons (Fsp3) is 0.462. The lowest BCUT2D eigenvalue weighted by Crippen LogP contribution is -2.39. The van der Waals surface area contributed by atoms with Crippen molar-refractivity contribution in [2.75, 3.05) is 24.7 Å². The number of amides is 1. The maximum atomic E-state index is 12.3. The number of hydrogen-bond acceptors (Lipinski definition) is 4. The lowest BCUT2D eigenvalue weighted by Gasteiger charge is -2.19. The van der Waals surface area contributed by atoms with Gasteiger partial charge in [0.1, 0.15) is 12.6 Å². The Labute approximate surface area is 126 Å². The van der Waals surface area contributed by atoms with Gasteiger partial charge < -0.3 is 10.2 Å². The van der Waals surface area contributed by atoms with Crippen LogP contribution in [-0.2, 0) is 14.6 Å². The van der Waals surface area contributed by atoms with E-state index in [1.807, 2.05) is 0 Å². The summed E-state index contributed by atoms with van der Waals surface area (Å²) >= 11 is 0. The summed E-state index contributed by atoms with van der Waals surface area (Å²) in [6.07, 6.45) is -3.14. The zero-order chi connectivity index (χ0) is 16.5. The van der Waals surface area contributed by atoms with Crippen LogP contribution < -0.4 is 5.32 Å². The molecule has 0 bridgehead atoms. The van der Waals surface area contributed by atoms with E-state index in [4.69, 9.17) is 0 Å². The van der Waals surface area contributed by atoms with Crippen LogP contribution in [0.1, 0.15) is 6.42 Å². The molecule has 1 aliphatic heterocycles. The number of carbonyl (C=O) groups is 1. The molecule has 0 saturated carbocycles. The largest absolute Gasteiger partial charge is 0.406 e.